The van der Waals surface area contributed by atoms with Crippen LogP contribution in [0.4, 0.5) is 0 Å². The fourth-order valence-corrected chi connectivity index (χ4v) is 4.15. The molecule has 0 bridgehead atoms. The second-order valence-electron chi connectivity index (χ2n) is 7.92. The number of amides is 2. The third-order valence-electron chi connectivity index (χ3n) is 5.76. The monoisotopic (exact) mass is 393 g/mol. The highest BCUT2D eigenvalue weighted by Gasteiger charge is 2.43. The second kappa shape index (κ2) is 9.68. The molecule has 2 aromatic rings. The molecule has 0 saturated carbocycles. The first kappa shape index (κ1) is 21.0. The molecule has 2 amide bonds. The average Bonchev–Trinajstić information content (AvgIpc) is 2.78. The number of nitrogens with zero attached hydrogens (tertiary/aromatic N) is 2. The zero-order valence-electron chi connectivity index (χ0n) is 17.5. The summed E-state index contributed by atoms with van der Waals surface area (Å²) in [6.45, 7) is 5.85. The molecule has 0 radical (unpaired) electrons. The first-order valence-corrected chi connectivity index (χ1v) is 10.6. The van der Waals surface area contributed by atoms with Crippen LogP contribution in [0.3, 0.4) is 0 Å². The maximum Gasteiger partial charge on any atom is 0.228 e. The van der Waals surface area contributed by atoms with E-state index in [4.69, 9.17) is 0 Å². The predicted octanol–water partition coefficient (Wildman–Crippen LogP) is 3.84. The second-order valence-corrected chi connectivity index (χ2v) is 7.92. The van der Waals surface area contributed by atoms with Gasteiger partial charge in [0.05, 0.1) is 5.41 Å². The molecule has 5 heteroatoms. The number of rotatable bonds is 7. The molecular formula is C24H31N3O2. The van der Waals surface area contributed by atoms with Gasteiger partial charge >= 0.3 is 0 Å². The first-order valence-electron chi connectivity index (χ1n) is 10.6. The normalized spacial score (nSPS) is 19.0. The van der Waals surface area contributed by atoms with Gasteiger partial charge in [0.25, 0.3) is 0 Å². The molecule has 154 valence electrons. The van der Waals surface area contributed by atoms with Gasteiger partial charge < -0.3 is 10.2 Å². The Labute approximate surface area is 173 Å². The number of piperidine rings is 1. The van der Waals surface area contributed by atoms with Gasteiger partial charge in [-0.3, -0.25) is 14.6 Å². The molecule has 3 rings (SSSR count). The van der Waals surface area contributed by atoms with Crippen molar-refractivity contribution in [3.05, 3.63) is 54.4 Å². The molecule has 0 spiro atoms. The summed E-state index contributed by atoms with van der Waals surface area (Å²) in [6.07, 6.45) is 7.28. The standard InChI is InChI=1S/C24H31N3O2/c1-3-13-26-23(29)24(12-5-16-27(18-24)22(28)4-2)17-19-6-8-20(9-7-19)21-10-14-25-15-11-21/h6-11,14-15H,3-5,12-13,16-18H2,1-2H3,(H,26,29). The van der Waals surface area contributed by atoms with Gasteiger partial charge in [0.1, 0.15) is 0 Å². The molecule has 1 N–H and O–H groups in total. The van der Waals surface area contributed by atoms with E-state index in [2.05, 4.69) is 41.5 Å². The van der Waals surface area contributed by atoms with Gasteiger partial charge in [-0.2, -0.15) is 0 Å². The van der Waals surface area contributed by atoms with Gasteiger partial charge in [-0.05, 0) is 54.5 Å². The van der Waals surface area contributed by atoms with Crippen molar-refractivity contribution >= 4 is 11.8 Å². The Morgan fingerprint density at radius 3 is 2.41 bits per heavy atom. The van der Waals surface area contributed by atoms with Crippen molar-refractivity contribution < 1.29 is 9.59 Å². The lowest BCUT2D eigenvalue weighted by atomic mass is 9.74. The van der Waals surface area contributed by atoms with Crippen LogP contribution in [0.1, 0.15) is 45.1 Å². The van der Waals surface area contributed by atoms with E-state index in [1.165, 1.54) is 0 Å². The number of nitrogens with one attached hydrogen (secondary N) is 1. The molecule has 1 unspecified atom stereocenters. The van der Waals surface area contributed by atoms with Gasteiger partial charge in [0, 0.05) is 38.4 Å². The lowest BCUT2D eigenvalue weighted by molar-refractivity contribution is -0.141. The molecule has 1 aromatic heterocycles. The Kier molecular flexibility index (Phi) is 7.02. The van der Waals surface area contributed by atoms with Crippen molar-refractivity contribution in [1.29, 1.82) is 0 Å². The maximum atomic E-state index is 13.2. The highest BCUT2D eigenvalue weighted by molar-refractivity contribution is 5.85. The summed E-state index contributed by atoms with van der Waals surface area (Å²) in [5, 5.41) is 3.09. The summed E-state index contributed by atoms with van der Waals surface area (Å²) in [7, 11) is 0. The summed E-state index contributed by atoms with van der Waals surface area (Å²) in [4.78, 5) is 31.5. The van der Waals surface area contributed by atoms with Crippen LogP contribution in [0, 0.1) is 5.41 Å². The number of hydrogen-bond donors (Lipinski definition) is 1. The van der Waals surface area contributed by atoms with Crippen LogP contribution in [0.15, 0.2) is 48.8 Å². The Hall–Kier alpha value is -2.69. The molecule has 1 aliphatic heterocycles. The van der Waals surface area contributed by atoms with Gasteiger partial charge in [-0.15, -0.1) is 0 Å². The van der Waals surface area contributed by atoms with Crippen LogP contribution in [0.25, 0.3) is 11.1 Å². The summed E-state index contributed by atoms with van der Waals surface area (Å²) in [6, 6.07) is 12.4. The topological polar surface area (TPSA) is 62.3 Å². The van der Waals surface area contributed by atoms with Crippen molar-refractivity contribution in [2.75, 3.05) is 19.6 Å². The molecule has 1 fully saturated rings. The summed E-state index contributed by atoms with van der Waals surface area (Å²) < 4.78 is 0. The van der Waals surface area contributed by atoms with Crippen molar-refractivity contribution in [2.45, 2.75) is 46.0 Å². The largest absolute Gasteiger partial charge is 0.356 e. The minimum Gasteiger partial charge on any atom is -0.356 e. The fourth-order valence-electron chi connectivity index (χ4n) is 4.15. The first-order chi connectivity index (χ1) is 14.1. The van der Waals surface area contributed by atoms with Crippen LogP contribution in [0.5, 0.6) is 0 Å². The maximum absolute atomic E-state index is 13.2. The number of pyridine rings is 1. The average molecular weight is 394 g/mol. The van der Waals surface area contributed by atoms with Gasteiger partial charge in [0.15, 0.2) is 0 Å². The van der Waals surface area contributed by atoms with Crippen LogP contribution >= 0.6 is 0 Å². The van der Waals surface area contributed by atoms with Gasteiger partial charge in [-0.25, -0.2) is 0 Å². The van der Waals surface area contributed by atoms with Gasteiger partial charge in [0.2, 0.25) is 11.8 Å². The zero-order valence-corrected chi connectivity index (χ0v) is 17.5. The van der Waals surface area contributed by atoms with Crippen LogP contribution in [-0.4, -0.2) is 41.3 Å². The molecule has 1 aromatic carbocycles. The minimum atomic E-state index is -0.559. The van der Waals surface area contributed by atoms with Crippen LogP contribution in [0.2, 0.25) is 0 Å². The Morgan fingerprint density at radius 2 is 1.76 bits per heavy atom. The highest BCUT2D eigenvalue weighted by Crippen LogP contribution is 2.35. The summed E-state index contributed by atoms with van der Waals surface area (Å²) in [5.41, 5.74) is 2.82. The third kappa shape index (κ3) is 5.03. The quantitative estimate of drug-likeness (QED) is 0.777. The molecule has 0 aliphatic carbocycles. The van der Waals surface area contributed by atoms with E-state index in [0.29, 0.717) is 25.9 Å². The number of carbonyl (C=O) groups is 2. The van der Waals surface area contributed by atoms with E-state index in [-0.39, 0.29) is 11.8 Å². The van der Waals surface area contributed by atoms with Crippen LogP contribution in [-0.2, 0) is 16.0 Å². The van der Waals surface area contributed by atoms with E-state index in [1.54, 1.807) is 12.4 Å². The van der Waals surface area contributed by atoms with Crippen molar-refractivity contribution in [3.63, 3.8) is 0 Å². The minimum absolute atomic E-state index is 0.0752. The van der Waals surface area contributed by atoms with E-state index in [1.807, 2.05) is 24.0 Å². The molecule has 1 saturated heterocycles. The molecule has 2 heterocycles. The smallest absolute Gasteiger partial charge is 0.228 e. The SMILES string of the molecule is CCCNC(=O)C1(Cc2ccc(-c3ccncc3)cc2)CCCN(C(=O)CC)C1. The number of likely N-dealkylation sites (tertiary alicyclic amines) is 1. The van der Waals surface area contributed by atoms with E-state index in [9.17, 15) is 9.59 Å². The Bertz CT molecular complexity index is 820. The number of aromatic nitrogens is 1. The zero-order chi connectivity index (χ0) is 20.7. The molecule has 5 nitrogen and oxygen atoms in total. The summed E-state index contributed by atoms with van der Waals surface area (Å²) >= 11 is 0. The van der Waals surface area contributed by atoms with E-state index < -0.39 is 5.41 Å². The lowest BCUT2D eigenvalue weighted by Gasteiger charge is -2.42. The summed E-state index contributed by atoms with van der Waals surface area (Å²) in [5.74, 6) is 0.205. The van der Waals surface area contributed by atoms with E-state index in [0.717, 1.165) is 42.5 Å². The van der Waals surface area contributed by atoms with Crippen molar-refractivity contribution in [1.82, 2.24) is 15.2 Å². The third-order valence-corrected chi connectivity index (χ3v) is 5.76. The molecular weight excluding hydrogens is 362 g/mol. The van der Waals surface area contributed by atoms with Gasteiger partial charge in [-0.1, -0.05) is 38.1 Å². The fraction of sp³-hybridized carbons (Fsp3) is 0.458. The molecule has 1 aliphatic rings. The van der Waals surface area contributed by atoms with Crippen molar-refractivity contribution in [3.8, 4) is 11.1 Å². The molecule has 1 atom stereocenters. The number of hydrogen-bond acceptors (Lipinski definition) is 3. The van der Waals surface area contributed by atoms with Crippen molar-refractivity contribution in [2.24, 2.45) is 5.41 Å². The highest BCUT2D eigenvalue weighted by atomic mass is 16.2. The van der Waals surface area contributed by atoms with Crippen LogP contribution < -0.4 is 5.32 Å². The Morgan fingerprint density at radius 1 is 1.07 bits per heavy atom. The lowest BCUT2D eigenvalue weighted by Crippen LogP contribution is -2.54. The molecule has 29 heavy (non-hydrogen) atoms. The predicted molar refractivity (Wildman–Crippen MR) is 115 cm³/mol. The number of carbonyl (C=O) groups excluding carboxylic acids is 2. The van der Waals surface area contributed by atoms with E-state index >= 15 is 0 Å². The Balaban J connectivity index is 1.83. The number of benzene rings is 1.